The Hall–Kier alpha value is -2.51. The van der Waals surface area contributed by atoms with Gasteiger partial charge in [-0.2, -0.15) is 0 Å². The maximum absolute atomic E-state index is 10.7. The second-order valence-corrected chi connectivity index (χ2v) is 8.01. The zero-order chi connectivity index (χ0) is 20.8. The van der Waals surface area contributed by atoms with Crippen molar-refractivity contribution in [3.8, 4) is 5.75 Å². The molecule has 7 heteroatoms. The molecule has 0 atom stereocenters. The van der Waals surface area contributed by atoms with E-state index < -0.39 is 4.92 Å². The Kier molecular flexibility index (Phi) is 7.17. The number of non-ortho nitro benzene ring substituents is 1. The van der Waals surface area contributed by atoms with Crippen LogP contribution < -0.4 is 4.74 Å². The van der Waals surface area contributed by atoms with Crippen LogP contribution in [-0.2, 0) is 13.0 Å². The molecule has 3 aromatic rings. The van der Waals surface area contributed by atoms with Crippen LogP contribution in [0.5, 0.6) is 5.75 Å². The first kappa shape index (κ1) is 21.2. The molecule has 0 aliphatic rings. The second kappa shape index (κ2) is 9.80. The van der Waals surface area contributed by atoms with E-state index in [2.05, 4.69) is 55.9 Å². The fourth-order valence-electron chi connectivity index (χ4n) is 2.63. The highest BCUT2D eigenvalue weighted by Gasteiger charge is 2.10. The second-order valence-electron chi connectivity index (χ2n) is 6.30. The lowest BCUT2D eigenvalue weighted by Gasteiger charge is -2.11. The van der Waals surface area contributed by atoms with Crippen molar-refractivity contribution in [1.82, 2.24) is 0 Å². The topological polar surface area (TPSA) is 64.7 Å². The summed E-state index contributed by atoms with van der Waals surface area (Å²) in [6, 6.07) is 18.3. The highest BCUT2D eigenvalue weighted by atomic mass is 79.9. The molecule has 0 heterocycles. The van der Waals surface area contributed by atoms with Crippen molar-refractivity contribution in [3.63, 3.8) is 0 Å². The Morgan fingerprint density at radius 2 is 1.59 bits per heavy atom. The van der Waals surface area contributed by atoms with Gasteiger partial charge in [0.1, 0.15) is 12.4 Å². The summed E-state index contributed by atoms with van der Waals surface area (Å²) in [4.78, 5) is 14.8. The average Bonchev–Trinajstić information content (AvgIpc) is 2.72. The predicted octanol–water partition coefficient (Wildman–Crippen LogP) is 7.01. The van der Waals surface area contributed by atoms with Crippen LogP contribution in [-0.4, -0.2) is 11.1 Å². The maximum atomic E-state index is 10.7. The third-order valence-corrected chi connectivity index (χ3v) is 5.44. The molecule has 0 saturated heterocycles. The number of hydrogen-bond donors (Lipinski definition) is 0. The molecule has 0 bridgehead atoms. The van der Waals surface area contributed by atoms with Gasteiger partial charge in [0.25, 0.3) is 5.69 Å². The van der Waals surface area contributed by atoms with Gasteiger partial charge in [0.15, 0.2) is 0 Å². The van der Waals surface area contributed by atoms with E-state index in [9.17, 15) is 10.1 Å². The van der Waals surface area contributed by atoms with Gasteiger partial charge in [0.05, 0.1) is 19.6 Å². The highest BCUT2D eigenvalue weighted by molar-refractivity contribution is 9.11. The molecule has 29 heavy (non-hydrogen) atoms. The molecular weight excluding hydrogens is 500 g/mol. The van der Waals surface area contributed by atoms with E-state index in [0.29, 0.717) is 12.4 Å². The fourth-order valence-corrected chi connectivity index (χ4v) is 4.08. The molecular formula is C22H18Br2N2O3. The molecule has 0 radical (unpaired) electrons. The quantitative estimate of drug-likeness (QED) is 0.192. The molecule has 0 aromatic heterocycles. The van der Waals surface area contributed by atoms with Crippen LogP contribution in [0.1, 0.15) is 23.6 Å². The third-order valence-electron chi connectivity index (χ3n) is 4.26. The minimum Gasteiger partial charge on any atom is -0.487 e. The zero-order valence-electron chi connectivity index (χ0n) is 15.6. The van der Waals surface area contributed by atoms with E-state index in [0.717, 1.165) is 32.2 Å². The van der Waals surface area contributed by atoms with E-state index in [1.54, 1.807) is 18.3 Å². The van der Waals surface area contributed by atoms with E-state index in [-0.39, 0.29) is 5.69 Å². The number of nitrogens with zero attached hydrogens (tertiary/aromatic N) is 2. The first-order valence-electron chi connectivity index (χ1n) is 8.94. The molecule has 0 N–H and O–H groups in total. The Bertz CT molecular complexity index is 1010. The first-order valence-corrected chi connectivity index (χ1v) is 10.5. The largest absolute Gasteiger partial charge is 0.487 e. The van der Waals surface area contributed by atoms with Gasteiger partial charge in [-0.05, 0) is 91.4 Å². The molecule has 0 spiro atoms. The smallest absolute Gasteiger partial charge is 0.269 e. The summed E-state index contributed by atoms with van der Waals surface area (Å²) in [5.74, 6) is 0.660. The number of benzene rings is 3. The van der Waals surface area contributed by atoms with Crippen molar-refractivity contribution in [2.24, 2.45) is 4.99 Å². The van der Waals surface area contributed by atoms with Gasteiger partial charge >= 0.3 is 0 Å². The Labute approximate surface area is 185 Å². The van der Waals surface area contributed by atoms with E-state index in [4.69, 9.17) is 4.74 Å². The summed E-state index contributed by atoms with van der Waals surface area (Å²) in [6.07, 6.45) is 2.81. The number of hydrogen-bond acceptors (Lipinski definition) is 4. The van der Waals surface area contributed by atoms with Gasteiger partial charge in [-0.15, -0.1) is 0 Å². The first-order chi connectivity index (χ1) is 14.0. The Morgan fingerprint density at radius 3 is 2.14 bits per heavy atom. The third kappa shape index (κ3) is 5.74. The number of nitro benzene ring substituents is 1. The van der Waals surface area contributed by atoms with Crippen molar-refractivity contribution >= 4 is 49.4 Å². The molecule has 5 nitrogen and oxygen atoms in total. The van der Waals surface area contributed by atoms with Gasteiger partial charge in [-0.25, -0.2) is 0 Å². The van der Waals surface area contributed by atoms with Crippen molar-refractivity contribution in [1.29, 1.82) is 0 Å². The van der Waals surface area contributed by atoms with Crippen LogP contribution >= 0.6 is 31.9 Å². The minimum absolute atomic E-state index is 0.0593. The van der Waals surface area contributed by atoms with Gasteiger partial charge in [0, 0.05) is 18.3 Å². The SMILES string of the molecule is CCc1ccc(N=Cc2cc(Br)c(OCc3ccc([N+](=O)[O-])cc3)c(Br)c2)cc1. The lowest BCUT2D eigenvalue weighted by molar-refractivity contribution is -0.384. The molecule has 0 saturated carbocycles. The van der Waals surface area contributed by atoms with Crippen molar-refractivity contribution in [2.45, 2.75) is 20.0 Å². The van der Waals surface area contributed by atoms with Crippen LogP contribution in [0, 0.1) is 10.1 Å². The number of nitro groups is 1. The number of aryl methyl sites for hydroxylation is 1. The van der Waals surface area contributed by atoms with Gasteiger partial charge in [-0.3, -0.25) is 15.1 Å². The molecule has 148 valence electrons. The Balaban J connectivity index is 1.69. The van der Waals surface area contributed by atoms with Crippen LogP contribution in [0.3, 0.4) is 0 Å². The van der Waals surface area contributed by atoms with Crippen molar-refractivity contribution in [3.05, 3.63) is 96.4 Å². The summed E-state index contributed by atoms with van der Waals surface area (Å²) in [6.45, 7) is 2.42. The molecule has 0 aliphatic heterocycles. The summed E-state index contributed by atoms with van der Waals surface area (Å²) in [5, 5.41) is 10.7. The van der Waals surface area contributed by atoms with Gasteiger partial charge in [-0.1, -0.05) is 19.1 Å². The lowest BCUT2D eigenvalue weighted by Crippen LogP contribution is -1.98. The zero-order valence-corrected chi connectivity index (χ0v) is 18.8. The van der Waals surface area contributed by atoms with Crippen LogP contribution in [0.4, 0.5) is 11.4 Å². The fraction of sp³-hybridized carbons (Fsp3) is 0.136. The molecule has 0 aliphatic carbocycles. The lowest BCUT2D eigenvalue weighted by atomic mass is 10.1. The molecule has 0 unspecified atom stereocenters. The minimum atomic E-state index is -0.420. The van der Waals surface area contributed by atoms with Crippen molar-refractivity contribution in [2.75, 3.05) is 0 Å². The molecule has 0 fully saturated rings. The van der Waals surface area contributed by atoms with E-state index in [1.807, 2.05) is 24.3 Å². The van der Waals surface area contributed by atoms with Crippen LogP contribution in [0.15, 0.2) is 74.6 Å². The molecule has 3 aromatic carbocycles. The Morgan fingerprint density at radius 1 is 1.00 bits per heavy atom. The molecule has 0 amide bonds. The summed E-state index contributed by atoms with van der Waals surface area (Å²) in [7, 11) is 0. The molecule has 3 rings (SSSR count). The number of halogens is 2. The average molecular weight is 518 g/mol. The summed E-state index contributed by atoms with van der Waals surface area (Å²) >= 11 is 7.08. The number of ether oxygens (including phenoxy) is 1. The standard InChI is InChI=1S/C22H18Br2N2O3/c1-2-15-3-7-18(8-4-15)25-13-17-11-20(23)22(21(24)12-17)29-14-16-5-9-19(10-6-16)26(27)28/h3-13H,2,14H2,1H3. The number of rotatable bonds is 7. The summed E-state index contributed by atoms with van der Waals surface area (Å²) in [5.41, 5.74) is 4.00. The van der Waals surface area contributed by atoms with E-state index in [1.165, 1.54) is 17.7 Å². The van der Waals surface area contributed by atoms with E-state index >= 15 is 0 Å². The van der Waals surface area contributed by atoms with Crippen molar-refractivity contribution < 1.29 is 9.66 Å². The van der Waals surface area contributed by atoms with Crippen LogP contribution in [0.2, 0.25) is 0 Å². The summed E-state index contributed by atoms with van der Waals surface area (Å²) < 4.78 is 7.47. The number of aliphatic imine (C=N–C) groups is 1. The van der Waals surface area contributed by atoms with Gasteiger partial charge < -0.3 is 4.74 Å². The normalized spacial score (nSPS) is 11.0. The maximum Gasteiger partial charge on any atom is 0.269 e. The highest BCUT2D eigenvalue weighted by Crippen LogP contribution is 2.35. The monoisotopic (exact) mass is 516 g/mol. The van der Waals surface area contributed by atoms with Gasteiger partial charge in [0.2, 0.25) is 0 Å². The predicted molar refractivity (Wildman–Crippen MR) is 122 cm³/mol. The van der Waals surface area contributed by atoms with Crippen LogP contribution in [0.25, 0.3) is 0 Å².